The van der Waals surface area contributed by atoms with Crippen LogP contribution < -0.4 is 0 Å². The third kappa shape index (κ3) is 1.23. The average Bonchev–Trinajstić information content (AvgIpc) is 2.46. The number of hydrogen-bond donors (Lipinski definition) is 0. The Labute approximate surface area is 80.8 Å². The zero-order valence-corrected chi connectivity index (χ0v) is 8.38. The summed E-state index contributed by atoms with van der Waals surface area (Å²) < 4.78 is 0. The first-order chi connectivity index (χ1) is 5.81. The number of rotatable bonds is 1. The van der Waals surface area contributed by atoms with E-state index in [0.29, 0.717) is 0 Å². The normalized spacial score (nSPS) is 10.8. The zero-order chi connectivity index (χ0) is 8.55. The number of halogens is 1. The van der Waals surface area contributed by atoms with E-state index in [9.17, 15) is 0 Å². The van der Waals surface area contributed by atoms with Crippen LogP contribution in [0, 0.1) is 0 Å². The SMILES string of the molecule is CCc1scc2cc(Cl)ccc12. The van der Waals surface area contributed by atoms with E-state index in [2.05, 4.69) is 18.4 Å². The Kier molecular flexibility index (Phi) is 2.07. The van der Waals surface area contributed by atoms with E-state index in [1.165, 1.54) is 15.6 Å². The molecule has 0 bridgehead atoms. The number of aryl methyl sites for hydroxylation is 1. The maximum absolute atomic E-state index is 5.88. The second-order valence-electron chi connectivity index (χ2n) is 2.74. The van der Waals surface area contributed by atoms with Crippen molar-refractivity contribution in [2.24, 2.45) is 0 Å². The van der Waals surface area contributed by atoms with Crippen LogP contribution in [0.1, 0.15) is 11.8 Å². The lowest BCUT2D eigenvalue weighted by Gasteiger charge is -1.93. The van der Waals surface area contributed by atoms with Gasteiger partial charge in [-0.05, 0) is 34.7 Å². The van der Waals surface area contributed by atoms with E-state index in [1.54, 1.807) is 0 Å². The first kappa shape index (κ1) is 8.09. The molecule has 12 heavy (non-hydrogen) atoms. The fourth-order valence-corrected chi connectivity index (χ4v) is 2.48. The topological polar surface area (TPSA) is 0 Å². The zero-order valence-electron chi connectivity index (χ0n) is 6.80. The third-order valence-electron chi connectivity index (χ3n) is 1.96. The molecule has 2 heteroatoms. The van der Waals surface area contributed by atoms with Crippen LogP contribution in [-0.2, 0) is 6.42 Å². The Morgan fingerprint density at radius 2 is 2.25 bits per heavy atom. The Morgan fingerprint density at radius 1 is 1.42 bits per heavy atom. The third-order valence-corrected chi connectivity index (χ3v) is 3.36. The molecule has 1 aromatic carbocycles. The number of benzene rings is 1. The predicted molar refractivity (Wildman–Crippen MR) is 56.2 cm³/mol. The van der Waals surface area contributed by atoms with Crippen molar-refractivity contribution in [3.63, 3.8) is 0 Å². The fraction of sp³-hybridized carbons (Fsp3) is 0.200. The van der Waals surface area contributed by atoms with Crippen molar-refractivity contribution in [3.8, 4) is 0 Å². The van der Waals surface area contributed by atoms with Crippen molar-refractivity contribution in [2.45, 2.75) is 13.3 Å². The van der Waals surface area contributed by atoms with Crippen molar-refractivity contribution in [3.05, 3.63) is 33.5 Å². The van der Waals surface area contributed by atoms with E-state index in [0.717, 1.165) is 11.4 Å². The maximum Gasteiger partial charge on any atom is 0.0412 e. The van der Waals surface area contributed by atoms with Gasteiger partial charge < -0.3 is 0 Å². The summed E-state index contributed by atoms with van der Waals surface area (Å²) in [6, 6.07) is 6.08. The highest BCUT2D eigenvalue weighted by Crippen LogP contribution is 2.28. The molecule has 0 saturated heterocycles. The Balaban J connectivity index is 2.73. The number of thiophene rings is 1. The highest BCUT2D eigenvalue weighted by Gasteiger charge is 2.01. The summed E-state index contributed by atoms with van der Waals surface area (Å²) in [4.78, 5) is 1.45. The van der Waals surface area contributed by atoms with Crippen molar-refractivity contribution in [2.75, 3.05) is 0 Å². The van der Waals surface area contributed by atoms with Crippen LogP contribution >= 0.6 is 22.9 Å². The van der Waals surface area contributed by atoms with Gasteiger partial charge in [-0.25, -0.2) is 0 Å². The number of fused-ring (bicyclic) bond motifs is 1. The summed E-state index contributed by atoms with van der Waals surface area (Å²) in [5.41, 5.74) is 0. The van der Waals surface area contributed by atoms with Gasteiger partial charge in [0.05, 0.1) is 0 Å². The molecule has 0 atom stereocenters. The van der Waals surface area contributed by atoms with Gasteiger partial charge in [-0.2, -0.15) is 0 Å². The van der Waals surface area contributed by atoms with Gasteiger partial charge >= 0.3 is 0 Å². The fourth-order valence-electron chi connectivity index (χ4n) is 1.36. The summed E-state index contributed by atoms with van der Waals surface area (Å²) in [7, 11) is 0. The summed E-state index contributed by atoms with van der Waals surface area (Å²) >= 11 is 7.69. The van der Waals surface area contributed by atoms with Gasteiger partial charge in [0, 0.05) is 9.90 Å². The summed E-state index contributed by atoms with van der Waals surface area (Å²) in [6.45, 7) is 2.18. The van der Waals surface area contributed by atoms with Crippen LogP contribution in [-0.4, -0.2) is 0 Å². The summed E-state index contributed by atoms with van der Waals surface area (Å²) in [5.74, 6) is 0. The lowest BCUT2D eigenvalue weighted by molar-refractivity contribution is 1.20. The minimum Gasteiger partial charge on any atom is -0.148 e. The molecule has 0 radical (unpaired) electrons. The summed E-state index contributed by atoms with van der Waals surface area (Å²) in [5, 5.41) is 5.61. The molecule has 0 saturated carbocycles. The van der Waals surface area contributed by atoms with Gasteiger partial charge in [-0.1, -0.05) is 24.6 Å². The molecule has 62 valence electrons. The standard InChI is InChI=1S/C10H9ClS/c1-2-10-9-4-3-8(11)5-7(9)6-12-10/h3-6H,2H2,1H3. The van der Waals surface area contributed by atoms with E-state index in [1.807, 2.05) is 23.5 Å². The van der Waals surface area contributed by atoms with Crippen LogP contribution in [0.3, 0.4) is 0 Å². The van der Waals surface area contributed by atoms with Gasteiger partial charge in [-0.3, -0.25) is 0 Å². The van der Waals surface area contributed by atoms with Gasteiger partial charge in [0.2, 0.25) is 0 Å². The van der Waals surface area contributed by atoms with Crippen LogP contribution in [0.2, 0.25) is 5.02 Å². The van der Waals surface area contributed by atoms with E-state index in [4.69, 9.17) is 11.6 Å². The number of hydrogen-bond acceptors (Lipinski definition) is 1. The lowest BCUT2D eigenvalue weighted by atomic mass is 10.2. The second kappa shape index (κ2) is 3.08. The molecule has 0 aliphatic rings. The molecule has 1 heterocycles. The predicted octanol–water partition coefficient (Wildman–Crippen LogP) is 4.12. The maximum atomic E-state index is 5.88. The molecule has 0 nitrogen and oxygen atoms in total. The van der Waals surface area contributed by atoms with Crippen LogP contribution in [0.4, 0.5) is 0 Å². The highest BCUT2D eigenvalue weighted by atomic mass is 35.5. The molecular weight excluding hydrogens is 188 g/mol. The summed E-state index contributed by atoms with van der Waals surface area (Å²) in [6.07, 6.45) is 1.11. The Hall–Kier alpha value is -0.530. The molecule has 2 rings (SSSR count). The van der Waals surface area contributed by atoms with Crippen LogP contribution in [0.15, 0.2) is 23.6 Å². The molecule has 0 amide bonds. The van der Waals surface area contributed by atoms with Gasteiger partial charge in [0.1, 0.15) is 0 Å². The minimum atomic E-state index is 0.822. The van der Waals surface area contributed by atoms with Crippen LogP contribution in [0.25, 0.3) is 10.8 Å². The van der Waals surface area contributed by atoms with Gasteiger partial charge in [0.15, 0.2) is 0 Å². The van der Waals surface area contributed by atoms with Gasteiger partial charge in [-0.15, -0.1) is 11.3 Å². The lowest BCUT2D eigenvalue weighted by Crippen LogP contribution is -1.72. The molecule has 0 spiro atoms. The van der Waals surface area contributed by atoms with Crippen molar-refractivity contribution < 1.29 is 0 Å². The molecule has 0 unspecified atom stereocenters. The smallest absolute Gasteiger partial charge is 0.0412 e. The Morgan fingerprint density at radius 3 is 3.00 bits per heavy atom. The molecular formula is C10H9ClS. The molecule has 1 aromatic heterocycles. The van der Waals surface area contributed by atoms with Crippen molar-refractivity contribution >= 4 is 33.7 Å². The van der Waals surface area contributed by atoms with Crippen molar-refractivity contribution in [1.82, 2.24) is 0 Å². The average molecular weight is 197 g/mol. The Bertz CT molecular complexity index is 403. The first-order valence-corrected chi connectivity index (χ1v) is 5.22. The molecule has 0 aliphatic carbocycles. The second-order valence-corrected chi connectivity index (χ2v) is 4.14. The van der Waals surface area contributed by atoms with E-state index < -0.39 is 0 Å². The van der Waals surface area contributed by atoms with Gasteiger partial charge in [0.25, 0.3) is 0 Å². The molecule has 0 aliphatic heterocycles. The largest absolute Gasteiger partial charge is 0.148 e. The van der Waals surface area contributed by atoms with Crippen molar-refractivity contribution in [1.29, 1.82) is 0 Å². The monoisotopic (exact) mass is 196 g/mol. The van der Waals surface area contributed by atoms with E-state index in [-0.39, 0.29) is 0 Å². The van der Waals surface area contributed by atoms with E-state index >= 15 is 0 Å². The molecule has 0 fully saturated rings. The first-order valence-electron chi connectivity index (χ1n) is 3.97. The molecule has 0 N–H and O–H groups in total. The highest BCUT2D eigenvalue weighted by molar-refractivity contribution is 7.11. The van der Waals surface area contributed by atoms with Crippen LogP contribution in [0.5, 0.6) is 0 Å². The quantitative estimate of drug-likeness (QED) is 0.644. The minimum absolute atomic E-state index is 0.822. The molecule has 2 aromatic rings.